The molecule has 1 fully saturated rings. The summed E-state index contributed by atoms with van der Waals surface area (Å²) in [7, 11) is 5.48. The number of nitrogens with zero attached hydrogens (tertiary/aromatic N) is 2. The van der Waals surface area contributed by atoms with Crippen LogP contribution in [0.1, 0.15) is 36.6 Å². The summed E-state index contributed by atoms with van der Waals surface area (Å²) in [6, 6.07) is 21.2. The van der Waals surface area contributed by atoms with Crippen LogP contribution in [-0.4, -0.2) is 49.5 Å². The van der Waals surface area contributed by atoms with Crippen molar-refractivity contribution in [1.29, 1.82) is 0 Å². The van der Waals surface area contributed by atoms with Gasteiger partial charge in [-0.1, -0.05) is 50.2 Å². The third-order valence-corrected chi connectivity index (χ3v) is 6.47. The monoisotopic (exact) mass is 514 g/mol. The summed E-state index contributed by atoms with van der Waals surface area (Å²) in [6.07, 6.45) is 0. The number of benzene rings is 3. The number of carbonyl (C=O) groups is 2. The van der Waals surface area contributed by atoms with Crippen molar-refractivity contribution in [3.05, 3.63) is 95.1 Å². The summed E-state index contributed by atoms with van der Waals surface area (Å²) in [6.45, 7) is 4.82. The molecular weight excluding hydrogens is 480 g/mol. The van der Waals surface area contributed by atoms with E-state index in [-0.39, 0.29) is 17.9 Å². The summed E-state index contributed by atoms with van der Waals surface area (Å²) in [4.78, 5) is 30.3. The molecule has 0 bridgehead atoms. The molecule has 4 rings (SSSR count). The normalized spacial score (nSPS) is 16.7. The molecule has 38 heavy (non-hydrogen) atoms. The van der Waals surface area contributed by atoms with Gasteiger partial charge in [-0.3, -0.25) is 9.59 Å². The molecular formula is C31H34N2O5. The number of aliphatic hydroxyl groups is 1. The Balaban J connectivity index is 1.79. The highest BCUT2D eigenvalue weighted by Gasteiger charge is 2.46. The van der Waals surface area contributed by atoms with Crippen LogP contribution in [0.4, 0.5) is 5.69 Å². The highest BCUT2D eigenvalue weighted by Crippen LogP contribution is 2.41. The van der Waals surface area contributed by atoms with E-state index >= 15 is 0 Å². The fourth-order valence-corrected chi connectivity index (χ4v) is 4.42. The zero-order valence-electron chi connectivity index (χ0n) is 22.5. The Kier molecular flexibility index (Phi) is 8.05. The second-order valence-electron chi connectivity index (χ2n) is 9.99. The molecule has 0 aromatic heterocycles. The molecule has 198 valence electrons. The first-order chi connectivity index (χ1) is 18.2. The third-order valence-electron chi connectivity index (χ3n) is 6.47. The topological polar surface area (TPSA) is 79.3 Å². The van der Waals surface area contributed by atoms with E-state index in [4.69, 9.17) is 9.47 Å². The van der Waals surface area contributed by atoms with Crippen LogP contribution >= 0.6 is 0 Å². The van der Waals surface area contributed by atoms with Crippen molar-refractivity contribution in [2.24, 2.45) is 5.92 Å². The maximum absolute atomic E-state index is 13.4. The second kappa shape index (κ2) is 11.4. The van der Waals surface area contributed by atoms with Gasteiger partial charge < -0.3 is 24.4 Å². The molecule has 0 saturated carbocycles. The van der Waals surface area contributed by atoms with Crippen LogP contribution in [0.25, 0.3) is 5.76 Å². The van der Waals surface area contributed by atoms with Gasteiger partial charge in [0.15, 0.2) is 0 Å². The lowest BCUT2D eigenvalue weighted by atomic mass is 9.95. The van der Waals surface area contributed by atoms with Crippen LogP contribution in [0, 0.1) is 5.92 Å². The number of methoxy groups -OCH3 is 1. The molecule has 0 radical (unpaired) electrons. The van der Waals surface area contributed by atoms with Gasteiger partial charge >= 0.3 is 0 Å². The minimum atomic E-state index is -0.756. The van der Waals surface area contributed by atoms with Crippen LogP contribution in [-0.2, 0) is 16.1 Å². The smallest absolute Gasteiger partial charge is 0.295 e. The largest absolute Gasteiger partial charge is 0.507 e. The van der Waals surface area contributed by atoms with Gasteiger partial charge in [0, 0.05) is 31.9 Å². The average Bonchev–Trinajstić information content (AvgIpc) is 3.17. The molecule has 1 atom stereocenters. The van der Waals surface area contributed by atoms with Crippen molar-refractivity contribution in [2.45, 2.75) is 26.4 Å². The Hall–Kier alpha value is -4.26. The number of likely N-dealkylation sites (tertiary alicyclic amines) is 1. The van der Waals surface area contributed by atoms with E-state index in [1.807, 2.05) is 67.5 Å². The van der Waals surface area contributed by atoms with Crippen LogP contribution in [0.15, 0.2) is 78.4 Å². The number of ketones is 1. The first-order valence-corrected chi connectivity index (χ1v) is 12.6. The Bertz CT molecular complexity index is 1330. The molecule has 1 unspecified atom stereocenters. The molecule has 7 nitrogen and oxygen atoms in total. The third kappa shape index (κ3) is 5.67. The quantitative estimate of drug-likeness (QED) is 0.233. The Morgan fingerprint density at radius 2 is 1.66 bits per heavy atom. The zero-order chi connectivity index (χ0) is 27.4. The standard InChI is InChI=1S/C31H34N2O5/c1-20(2)19-38-26-8-6-7-23(17-26)29(34)27-28(22-11-13-24(14-12-22)32(3)4)33(31(36)30(27)35)18-21-9-15-25(37-5)16-10-21/h6-17,20,28,34H,18-19H2,1-5H3/b29-27-. The van der Waals surface area contributed by atoms with E-state index in [2.05, 4.69) is 13.8 Å². The summed E-state index contributed by atoms with van der Waals surface area (Å²) in [5.74, 6) is 0.0219. The molecule has 1 aliphatic heterocycles. The van der Waals surface area contributed by atoms with Gasteiger partial charge in [-0.05, 0) is 53.4 Å². The number of hydrogen-bond donors (Lipinski definition) is 1. The van der Waals surface area contributed by atoms with E-state index in [0.717, 1.165) is 16.8 Å². The van der Waals surface area contributed by atoms with Gasteiger partial charge in [-0.25, -0.2) is 0 Å². The lowest BCUT2D eigenvalue weighted by molar-refractivity contribution is -0.140. The summed E-state index contributed by atoms with van der Waals surface area (Å²) < 4.78 is 11.1. The van der Waals surface area contributed by atoms with Gasteiger partial charge in [-0.2, -0.15) is 0 Å². The number of amides is 1. The van der Waals surface area contributed by atoms with Crippen molar-refractivity contribution in [3.8, 4) is 11.5 Å². The fraction of sp³-hybridized carbons (Fsp3) is 0.290. The van der Waals surface area contributed by atoms with Gasteiger partial charge in [-0.15, -0.1) is 0 Å². The minimum absolute atomic E-state index is 0.0575. The summed E-state index contributed by atoms with van der Waals surface area (Å²) in [5.41, 5.74) is 3.03. The minimum Gasteiger partial charge on any atom is -0.507 e. The maximum atomic E-state index is 13.4. The van der Waals surface area contributed by atoms with E-state index in [9.17, 15) is 14.7 Å². The predicted octanol–water partition coefficient (Wildman–Crippen LogP) is 5.42. The highest BCUT2D eigenvalue weighted by atomic mass is 16.5. The molecule has 1 amide bonds. The van der Waals surface area contributed by atoms with Crippen LogP contribution in [0.5, 0.6) is 11.5 Å². The van der Waals surface area contributed by atoms with Crippen molar-refractivity contribution in [1.82, 2.24) is 4.90 Å². The van der Waals surface area contributed by atoms with Crippen molar-refractivity contribution in [2.75, 3.05) is 32.7 Å². The number of aliphatic hydroxyl groups excluding tert-OH is 1. The average molecular weight is 515 g/mol. The Labute approximate surface area is 223 Å². The van der Waals surface area contributed by atoms with E-state index in [1.165, 1.54) is 4.90 Å². The van der Waals surface area contributed by atoms with E-state index in [1.54, 1.807) is 31.4 Å². The fourth-order valence-electron chi connectivity index (χ4n) is 4.42. The van der Waals surface area contributed by atoms with Crippen molar-refractivity contribution in [3.63, 3.8) is 0 Å². The molecule has 7 heteroatoms. The highest BCUT2D eigenvalue weighted by molar-refractivity contribution is 6.46. The van der Waals surface area contributed by atoms with E-state index in [0.29, 0.717) is 29.6 Å². The Morgan fingerprint density at radius 3 is 2.26 bits per heavy atom. The number of anilines is 1. The molecule has 3 aromatic rings. The number of ether oxygens (including phenoxy) is 2. The molecule has 1 aliphatic rings. The molecule has 1 saturated heterocycles. The lowest BCUT2D eigenvalue weighted by Gasteiger charge is -2.26. The molecule has 1 heterocycles. The predicted molar refractivity (Wildman–Crippen MR) is 148 cm³/mol. The SMILES string of the molecule is COc1ccc(CN2C(=O)C(=O)/C(=C(\O)c3cccc(OCC(C)C)c3)C2c2ccc(N(C)C)cc2)cc1. The molecule has 1 N–H and O–H groups in total. The van der Waals surface area contributed by atoms with E-state index < -0.39 is 17.7 Å². The lowest BCUT2D eigenvalue weighted by Crippen LogP contribution is -2.29. The molecule has 0 spiro atoms. The van der Waals surface area contributed by atoms with Gasteiger partial charge in [0.25, 0.3) is 11.7 Å². The number of Topliss-reactive ketones (excluding diaryl/α,β-unsaturated/α-hetero) is 1. The van der Waals surface area contributed by atoms with Crippen LogP contribution in [0.3, 0.4) is 0 Å². The van der Waals surface area contributed by atoms with Crippen LogP contribution in [0.2, 0.25) is 0 Å². The van der Waals surface area contributed by atoms with Crippen LogP contribution < -0.4 is 14.4 Å². The summed E-state index contributed by atoms with van der Waals surface area (Å²) >= 11 is 0. The maximum Gasteiger partial charge on any atom is 0.295 e. The number of carbonyl (C=O) groups excluding carboxylic acids is 2. The zero-order valence-corrected chi connectivity index (χ0v) is 22.5. The number of rotatable bonds is 9. The van der Waals surface area contributed by atoms with Crippen molar-refractivity contribution >= 4 is 23.1 Å². The first kappa shape index (κ1) is 26.8. The molecule has 3 aromatic carbocycles. The van der Waals surface area contributed by atoms with Gasteiger partial charge in [0.2, 0.25) is 0 Å². The van der Waals surface area contributed by atoms with Gasteiger partial charge in [0.05, 0.1) is 25.3 Å². The number of hydrogen-bond acceptors (Lipinski definition) is 6. The summed E-state index contributed by atoms with van der Waals surface area (Å²) in [5, 5.41) is 11.4. The van der Waals surface area contributed by atoms with Crippen molar-refractivity contribution < 1.29 is 24.2 Å². The molecule has 0 aliphatic carbocycles. The Morgan fingerprint density at radius 1 is 0.974 bits per heavy atom. The second-order valence-corrected chi connectivity index (χ2v) is 9.99. The van der Waals surface area contributed by atoms with Gasteiger partial charge in [0.1, 0.15) is 17.3 Å². The first-order valence-electron chi connectivity index (χ1n) is 12.6.